The molecule has 2 fully saturated rings. The molecule has 21 heavy (non-hydrogen) atoms. The lowest BCUT2D eigenvalue weighted by Gasteiger charge is -2.23. The molecule has 116 valence electrons. The molecule has 3 rings (SSSR count). The summed E-state index contributed by atoms with van der Waals surface area (Å²) in [5, 5.41) is 6.43. The van der Waals surface area contributed by atoms with Gasteiger partial charge in [0.05, 0.1) is 4.58 Å². The lowest BCUT2D eigenvalue weighted by Crippen LogP contribution is -2.45. The Bertz CT molecular complexity index is 457. The minimum Gasteiger partial charge on any atom is -0.348 e. The van der Waals surface area contributed by atoms with Crippen molar-refractivity contribution in [3.8, 4) is 0 Å². The number of carbonyl (C=O) groups is 1. The fourth-order valence-electron chi connectivity index (χ4n) is 2.59. The second-order valence-electron chi connectivity index (χ2n) is 5.21. The number of piperidine rings is 1. The summed E-state index contributed by atoms with van der Waals surface area (Å²) in [4.78, 5) is 12.2. The van der Waals surface area contributed by atoms with Gasteiger partial charge >= 0.3 is 0 Å². The van der Waals surface area contributed by atoms with Gasteiger partial charge in [-0.1, -0.05) is 12.1 Å². The molecule has 2 saturated heterocycles. The maximum atomic E-state index is 12.2. The van der Waals surface area contributed by atoms with E-state index in [0.717, 1.165) is 31.5 Å². The molecule has 1 unspecified atom stereocenters. The Hall–Kier alpha value is -0.360. The highest BCUT2D eigenvalue weighted by Crippen LogP contribution is 2.45. The number of hydrogen-bond acceptors (Lipinski definition) is 4. The molecule has 0 aliphatic carbocycles. The van der Waals surface area contributed by atoms with Crippen molar-refractivity contribution in [3.05, 3.63) is 35.4 Å². The Morgan fingerprint density at radius 2 is 1.90 bits per heavy atom. The topological polar surface area (TPSA) is 41.1 Å². The van der Waals surface area contributed by atoms with Crippen LogP contribution < -0.4 is 10.6 Å². The Morgan fingerprint density at radius 1 is 1.19 bits per heavy atom. The summed E-state index contributed by atoms with van der Waals surface area (Å²) in [7, 11) is 0. The van der Waals surface area contributed by atoms with Crippen molar-refractivity contribution >= 4 is 41.8 Å². The van der Waals surface area contributed by atoms with Crippen molar-refractivity contribution in [2.24, 2.45) is 0 Å². The summed E-state index contributed by atoms with van der Waals surface area (Å²) in [6, 6.07) is 8.39. The van der Waals surface area contributed by atoms with Crippen molar-refractivity contribution in [1.29, 1.82) is 0 Å². The lowest BCUT2D eigenvalue weighted by atomic mass is 10.1. The van der Waals surface area contributed by atoms with Gasteiger partial charge < -0.3 is 10.6 Å². The first-order valence-corrected chi connectivity index (χ1v) is 9.27. The lowest BCUT2D eigenvalue weighted by molar-refractivity contribution is 0.0930. The molecule has 2 aliphatic rings. The first-order valence-electron chi connectivity index (χ1n) is 7.18. The molecule has 1 aromatic rings. The Labute approximate surface area is 140 Å². The monoisotopic (exact) mass is 344 g/mol. The molecule has 1 atom stereocenters. The van der Waals surface area contributed by atoms with E-state index in [0.29, 0.717) is 4.58 Å². The minimum atomic E-state index is 0. The van der Waals surface area contributed by atoms with Gasteiger partial charge in [0, 0.05) is 29.7 Å². The standard InChI is InChI=1S/C15H20N2OS2.ClH/c18-14(17-13-2-1-7-16-10-13)11-3-5-12(6-4-11)15-19-8-9-20-15;/h3-6,13,15-16H,1-2,7-10H2,(H,17,18);1H. The fourth-order valence-corrected chi connectivity index (χ4v) is 5.45. The zero-order valence-electron chi connectivity index (χ0n) is 11.8. The first kappa shape index (κ1) is 17.0. The molecule has 0 spiro atoms. The van der Waals surface area contributed by atoms with Crippen LogP contribution in [0.25, 0.3) is 0 Å². The number of halogens is 1. The molecule has 0 bridgehead atoms. The van der Waals surface area contributed by atoms with Gasteiger partial charge in [-0.15, -0.1) is 35.9 Å². The number of rotatable bonds is 3. The molecule has 2 N–H and O–H groups in total. The van der Waals surface area contributed by atoms with Crippen molar-refractivity contribution in [2.45, 2.75) is 23.5 Å². The smallest absolute Gasteiger partial charge is 0.251 e. The summed E-state index contributed by atoms with van der Waals surface area (Å²) in [5.74, 6) is 2.51. The van der Waals surface area contributed by atoms with Crippen LogP contribution in [0.5, 0.6) is 0 Å². The van der Waals surface area contributed by atoms with Crippen LogP contribution in [0.3, 0.4) is 0 Å². The van der Waals surface area contributed by atoms with Crippen molar-refractivity contribution in [3.63, 3.8) is 0 Å². The number of nitrogens with one attached hydrogen (secondary N) is 2. The Balaban J connectivity index is 0.00000161. The van der Waals surface area contributed by atoms with Gasteiger partial charge in [-0.3, -0.25) is 4.79 Å². The van der Waals surface area contributed by atoms with Gasteiger partial charge in [-0.05, 0) is 37.1 Å². The van der Waals surface area contributed by atoms with Gasteiger partial charge in [-0.2, -0.15) is 0 Å². The highest BCUT2D eigenvalue weighted by atomic mass is 35.5. The normalized spacial score (nSPS) is 22.6. The summed E-state index contributed by atoms with van der Waals surface area (Å²) in [6.07, 6.45) is 2.21. The zero-order chi connectivity index (χ0) is 13.8. The largest absolute Gasteiger partial charge is 0.348 e. The van der Waals surface area contributed by atoms with E-state index in [-0.39, 0.29) is 24.4 Å². The average molecular weight is 345 g/mol. The Morgan fingerprint density at radius 3 is 2.52 bits per heavy atom. The van der Waals surface area contributed by atoms with E-state index in [4.69, 9.17) is 0 Å². The van der Waals surface area contributed by atoms with Crippen LogP contribution >= 0.6 is 35.9 Å². The van der Waals surface area contributed by atoms with Gasteiger partial charge in [-0.25, -0.2) is 0 Å². The van der Waals surface area contributed by atoms with E-state index in [1.807, 2.05) is 35.7 Å². The van der Waals surface area contributed by atoms with Crippen LogP contribution in [0.4, 0.5) is 0 Å². The highest BCUT2D eigenvalue weighted by Gasteiger charge is 2.19. The minimum absolute atomic E-state index is 0. The van der Waals surface area contributed by atoms with E-state index >= 15 is 0 Å². The molecule has 6 heteroatoms. The summed E-state index contributed by atoms with van der Waals surface area (Å²) < 4.78 is 0.551. The molecule has 0 radical (unpaired) electrons. The summed E-state index contributed by atoms with van der Waals surface area (Å²) in [6.45, 7) is 1.96. The molecule has 0 aromatic heterocycles. The van der Waals surface area contributed by atoms with E-state index in [1.54, 1.807) is 0 Å². The van der Waals surface area contributed by atoms with Crippen LogP contribution in [-0.2, 0) is 0 Å². The van der Waals surface area contributed by atoms with E-state index in [2.05, 4.69) is 22.8 Å². The van der Waals surface area contributed by atoms with Crippen LogP contribution in [0.2, 0.25) is 0 Å². The molecular weight excluding hydrogens is 324 g/mol. The summed E-state index contributed by atoms with van der Waals surface area (Å²) >= 11 is 3.98. The third-order valence-electron chi connectivity index (χ3n) is 3.70. The van der Waals surface area contributed by atoms with Gasteiger partial charge in [0.2, 0.25) is 0 Å². The zero-order valence-corrected chi connectivity index (χ0v) is 14.3. The predicted octanol–water partition coefficient (Wildman–Crippen LogP) is 3.07. The van der Waals surface area contributed by atoms with Gasteiger partial charge in [0.15, 0.2) is 0 Å². The van der Waals surface area contributed by atoms with Crippen molar-refractivity contribution in [2.75, 3.05) is 24.6 Å². The van der Waals surface area contributed by atoms with E-state index in [1.165, 1.54) is 17.1 Å². The highest BCUT2D eigenvalue weighted by molar-refractivity contribution is 8.19. The molecule has 2 heterocycles. The maximum absolute atomic E-state index is 12.2. The second-order valence-corrected chi connectivity index (χ2v) is 7.94. The summed E-state index contributed by atoms with van der Waals surface area (Å²) in [5.41, 5.74) is 2.10. The van der Waals surface area contributed by atoms with Gasteiger partial charge in [0.1, 0.15) is 0 Å². The predicted molar refractivity (Wildman–Crippen MR) is 94.7 cm³/mol. The van der Waals surface area contributed by atoms with E-state index in [9.17, 15) is 4.79 Å². The molecule has 1 aromatic carbocycles. The van der Waals surface area contributed by atoms with Crippen LogP contribution in [0.15, 0.2) is 24.3 Å². The quantitative estimate of drug-likeness (QED) is 0.884. The number of thioether (sulfide) groups is 2. The molecule has 2 aliphatic heterocycles. The molecule has 3 nitrogen and oxygen atoms in total. The average Bonchev–Trinajstić information content (AvgIpc) is 3.03. The third-order valence-corrected chi connectivity index (χ3v) is 6.80. The SMILES string of the molecule is Cl.O=C(NC1CCCNC1)c1ccc(C2SCCS2)cc1. The van der Waals surface area contributed by atoms with Crippen molar-refractivity contribution < 1.29 is 4.79 Å². The Kier molecular flexibility index (Phi) is 6.74. The molecule has 0 saturated carbocycles. The second kappa shape index (κ2) is 8.32. The van der Waals surface area contributed by atoms with Crippen LogP contribution in [0.1, 0.15) is 33.3 Å². The first-order chi connectivity index (χ1) is 9.83. The maximum Gasteiger partial charge on any atom is 0.251 e. The molecule has 1 amide bonds. The third kappa shape index (κ3) is 4.55. The van der Waals surface area contributed by atoms with Crippen LogP contribution in [-0.4, -0.2) is 36.5 Å². The van der Waals surface area contributed by atoms with E-state index < -0.39 is 0 Å². The number of carbonyl (C=O) groups excluding carboxylic acids is 1. The number of hydrogen-bond donors (Lipinski definition) is 2. The number of amides is 1. The van der Waals surface area contributed by atoms with Crippen LogP contribution in [0, 0.1) is 0 Å². The van der Waals surface area contributed by atoms with Gasteiger partial charge in [0.25, 0.3) is 5.91 Å². The molecular formula is C15H21ClN2OS2. The number of benzene rings is 1. The van der Waals surface area contributed by atoms with Crippen molar-refractivity contribution in [1.82, 2.24) is 10.6 Å². The fraction of sp³-hybridized carbons (Fsp3) is 0.533.